The maximum Gasteiger partial charge on any atom is 0.273 e. The molecule has 1 fully saturated rings. The Morgan fingerprint density at radius 2 is 1.67 bits per heavy atom. The van der Waals surface area contributed by atoms with E-state index >= 15 is 0 Å². The molecule has 2 amide bonds. The maximum absolute atomic E-state index is 13.0. The van der Waals surface area contributed by atoms with E-state index in [1.807, 2.05) is 66.9 Å². The van der Waals surface area contributed by atoms with Crippen LogP contribution in [0.25, 0.3) is 16.3 Å². The summed E-state index contributed by atoms with van der Waals surface area (Å²) < 4.78 is 1.80. The topological polar surface area (TPSA) is 80.1 Å². The molecule has 1 aliphatic rings. The first kappa shape index (κ1) is 21.1. The zero-order valence-corrected chi connectivity index (χ0v) is 18.7. The first-order chi connectivity index (χ1) is 16.2. The Hall–Kier alpha value is -3.78. The fraction of sp³-hybridized carbons (Fsp3) is 0.200. The highest BCUT2D eigenvalue weighted by atomic mass is 32.1. The Morgan fingerprint density at radius 1 is 0.970 bits per heavy atom. The lowest BCUT2D eigenvalue weighted by molar-refractivity contribution is -0.121. The Morgan fingerprint density at radius 3 is 2.39 bits per heavy atom. The van der Waals surface area contributed by atoms with Crippen LogP contribution >= 0.6 is 11.3 Å². The molecule has 0 radical (unpaired) electrons. The molecule has 2 aromatic carbocycles. The van der Waals surface area contributed by atoms with E-state index in [-0.39, 0.29) is 17.7 Å². The van der Waals surface area contributed by atoms with Gasteiger partial charge in [-0.3, -0.25) is 9.59 Å². The molecule has 166 valence electrons. The Labute approximate surface area is 195 Å². The second kappa shape index (κ2) is 9.38. The zero-order chi connectivity index (χ0) is 22.6. The van der Waals surface area contributed by atoms with E-state index in [0.29, 0.717) is 31.6 Å². The number of para-hydroxylation sites is 2. The van der Waals surface area contributed by atoms with E-state index < -0.39 is 0 Å². The average Bonchev–Trinajstić information content (AvgIpc) is 3.55. The molecule has 33 heavy (non-hydrogen) atoms. The predicted molar refractivity (Wildman–Crippen MR) is 128 cm³/mol. The van der Waals surface area contributed by atoms with Crippen molar-refractivity contribution in [3.63, 3.8) is 0 Å². The summed E-state index contributed by atoms with van der Waals surface area (Å²) in [5.74, 6) is -0.168. The first-order valence-electron chi connectivity index (χ1n) is 10.9. The molecule has 5 rings (SSSR count). The van der Waals surface area contributed by atoms with Gasteiger partial charge in [0.05, 0.1) is 11.9 Å². The van der Waals surface area contributed by atoms with Crippen molar-refractivity contribution in [3.8, 4) is 16.3 Å². The number of thiazole rings is 1. The molecule has 0 aliphatic carbocycles. The Kier molecular flexibility index (Phi) is 5.99. The van der Waals surface area contributed by atoms with E-state index in [1.54, 1.807) is 21.2 Å². The van der Waals surface area contributed by atoms with Gasteiger partial charge in [-0.05, 0) is 37.1 Å². The van der Waals surface area contributed by atoms with Gasteiger partial charge < -0.3 is 10.2 Å². The lowest BCUT2D eigenvalue weighted by Gasteiger charge is -2.30. The lowest BCUT2D eigenvalue weighted by atomic mass is 9.95. The molecule has 0 spiro atoms. The fourth-order valence-electron chi connectivity index (χ4n) is 3.93. The summed E-state index contributed by atoms with van der Waals surface area (Å²) in [4.78, 5) is 31.9. The van der Waals surface area contributed by atoms with Crippen molar-refractivity contribution in [3.05, 3.63) is 84.1 Å². The molecule has 7 nitrogen and oxygen atoms in total. The van der Waals surface area contributed by atoms with E-state index in [2.05, 4.69) is 15.4 Å². The normalized spacial score (nSPS) is 14.2. The minimum Gasteiger partial charge on any atom is -0.337 e. The van der Waals surface area contributed by atoms with Gasteiger partial charge in [-0.15, -0.1) is 11.3 Å². The van der Waals surface area contributed by atoms with Crippen molar-refractivity contribution < 1.29 is 9.59 Å². The highest BCUT2D eigenvalue weighted by molar-refractivity contribution is 7.13. The number of carbonyl (C=O) groups is 2. The van der Waals surface area contributed by atoms with Crippen LogP contribution in [0.3, 0.4) is 0 Å². The van der Waals surface area contributed by atoms with Crippen LogP contribution in [-0.2, 0) is 4.79 Å². The number of carbonyl (C=O) groups excluding carboxylic acids is 2. The van der Waals surface area contributed by atoms with E-state index in [9.17, 15) is 9.59 Å². The molecule has 0 saturated carbocycles. The number of hydrogen-bond donors (Lipinski definition) is 1. The standard InChI is InChI=1S/C25H23N5O2S/c31-23(27-20-7-3-1-4-8-20)18-11-13-29(14-12-18)25(32)22-17-33-24(28-22)19-15-26-30(16-19)21-9-5-2-6-10-21/h1-10,15-18H,11-14H2,(H,27,31). The van der Waals surface area contributed by atoms with Gasteiger partial charge in [0.1, 0.15) is 10.7 Å². The Balaban J connectivity index is 1.19. The summed E-state index contributed by atoms with van der Waals surface area (Å²) in [6.07, 6.45) is 4.96. The van der Waals surface area contributed by atoms with Crippen LogP contribution in [0.2, 0.25) is 0 Å². The van der Waals surface area contributed by atoms with Gasteiger partial charge in [0, 0.05) is 41.8 Å². The van der Waals surface area contributed by atoms with E-state index in [1.165, 1.54) is 11.3 Å². The predicted octanol–water partition coefficient (Wildman–Crippen LogP) is 4.49. The monoisotopic (exact) mass is 457 g/mol. The first-order valence-corrected chi connectivity index (χ1v) is 11.8. The number of aromatic nitrogens is 3. The molecule has 0 unspecified atom stereocenters. The second-order valence-electron chi connectivity index (χ2n) is 7.97. The van der Waals surface area contributed by atoms with Gasteiger partial charge in [0.2, 0.25) is 5.91 Å². The highest BCUT2D eigenvalue weighted by Gasteiger charge is 2.29. The van der Waals surface area contributed by atoms with Crippen molar-refractivity contribution in [2.24, 2.45) is 5.92 Å². The summed E-state index contributed by atoms with van der Waals surface area (Å²) in [7, 11) is 0. The van der Waals surface area contributed by atoms with Crippen LogP contribution in [0.1, 0.15) is 23.3 Å². The average molecular weight is 458 g/mol. The fourth-order valence-corrected chi connectivity index (χ4v) is 4.70. The van der Waals surface area contributed by atoms with Gasteiger partial charge in [-0.25, -0.2) is 9.67 Å². The number of rotatable bonds is 5. The molecule has 4 aromatic rings. The quantitative estimate of drug-likeness (QED) is 0.479. The van der Waals surface area contributed by atoms with Gasteiger partial charge in [-0.1, -0.05) is 36.4 Å². The van der Waals surface area contributed by atoms with Crippen LogP contribution in [-0.4, -0.2) is 44.6 Å². The second-order valence-corrected chi connectivity index (χ2v) is 8.83. The third-order valence-corrected chi connectivity index (χ3v) is 6.66. The van der Waals surface area contributed by atoms with E-state index in [4.69, 9.17) is 0 Å². The number of nitrogens with one attached hydrogen (secondary N) is 1. The van der Waals surface area contributed by atoms with Crippen LogP contribution in [0.4, 0.5) is 5.69 Å². The van der Waals surface area contributed by atoms with Crippen molar-refractivity contribution in [2.75, 3.05) is 18.4 Å². The van der Waals surface area contributed by atoms with Crippen LogP contribution < -0.4 is 5.32 Å². The summed E-state index contributed by atoms with van der Waals surface area (Å²) in [5, 5.41) is 9.93. The van der Waals surface area contributed by atoms with Crippen LogP contribution in [0, 0.1) is 5.92 Å². The third-order valence-electron chi connectivity index (χ3n) is 5.77. The minimum atomic E-state index is -0.0934. The number of anilines is 1. The van der Waals surface area contributed by atoms with Crippen LogP contribution in [0.15, 0.2) is 78.4 Å². The molecular weight excluding hydrogens is 434 g/mol. The largest absolute Gasteiger partial charge is 0.337 e. The third kappa shape index (κ3) is 4.70. The van der Waals surface area contributed by atoms with Crippen molar-refractivity contribution >= 4 is 28.8 Å². The van der Waals surface area contributed by atoms with Gasteiger partial charge in [0.15, 0.2) is 0 Å². The maximum atomic E-state index is 13.0. The zero-order valence-electron chi connectivity index (χ0n) is 17.9. The van der Waals surface area contributed by atoms with E-state index in [0.717, 1.165) is 21.9 Å². The SMILES string of the molecule is O=C(Nc1ccccc1)C1CCN(C(=O)c2csc(-c3cnn(-c4ccccc4)c3)n2)CC1. The molecule has 1 saturated heterocycles. The number of amides is 2. The molecule has 0 atom stereocenters. The van der Waals surface area contributed by atoms with Gasteiger partial charge >= 0.3 is 0 Å². The van der Waals surface area contributed by atoms with Crippen molar-refractivity contribution in [1.82, 2.24) is 19.7 Å². The molecule has 3 heterocycles. The number of nitrogens with zero attached hydrogens (tertiary/aromatic N) is 4. The summed E-state index contributed by atoms with van der Waals surface area (Å²) in [6.45, 7) is 1.09. The molecule has 2 aromatic heterocycles. The molecular formula is C25H23N5O2S. The molecule has 8 heteroatoms. The number of likely N-dealkylation sites (tertiary alicyclic amines) is 1. The summed E-state index contributed by atoms with van der Waals surface area (Å²) in [5.41, 5.74) is 3.08. The number of benzene rings is 2. The van der Waals surface area contributed by atoms with Crippen LogP contribution in [0.5, 0.6) is 0 Å². The molecule has 1 N–H and O–H groups in total. The molecule has 1 aliphatic heterocycles. The minimum absolute atomic E-state index is 0.0136. The smallest absolute Gasteiger partial charge is 0.273 e. The van der Waals surface area contributed by atoms with Crippen molar-refractivity contribution in [1.29, 1.82) is 0 Å². The van der Waals surface area contributed by atoms with Crippen molar-refractivity contribution in [2.45, 2.75) is 12.8 Å². The lowest BCUT2D eigenvalue weighted by Crippen LogP contribution is -2.41. The Bertz CT molecular complexity index is 1240. The highest BCUT2D eigenvalue weighted by Crippen LogP contribution is 2.26. The molecule has 0 bridgehead atoms. The summed E-state index contributed by atoms with van der Waals surface area (Å²) in [6, 6.07) is 19.3. The summed E-state index contributed by atoms with van der Waals surface area (Å²) >= 11 is 1.43. The van der Waals surface area contributed by atoms with Gasteiger partial charge in [0.25, 0.3) is 5.91 Å². The van der Waals surface area contributed by atoms with Gasteiger partial charge in [-0.2, -0.15) is 5.10 Å². The number of hydrogen-bond acceptors (Lipinski definition) is 5. The number of piperidine rings is 1.